The molecule has 0 saturated carbocycles. The van der Waals surface area contributed by atoms with Gasteiger partial charge in [0.2, 0.25) is 5.90 Å². The second-order valence-corrected chi connectivity index (χ2v) is 10.8. The molecule has 1 aromatic heterocycles. The summed E-state index contributed by atoms with van der Waals surface area (Å²) in [5, 5.41) is 5.11. The topological polar surface area (TPSA) is 35.8 Å². The van der Waals surface area contributed by atoms with Crippen LogP contribution in [0, 0.1) is 5.92 Å². The minimum Gasteiger partial charge on any atom is -0.474 e. The number of aliphatic imine (C=N–C) groups is 1. The average molecular weight is 457 g/mol. The number of hydrogen-bond donors (Lipinski definition) is 0. The summed E-state index contributed by atoms with van der Waals surface area (Å²) in [6, 6.07) is 30.4. The summed E-state index contributed by atoms with van der Waals surface area (Å²) < 4.78 is 14.2. The van der Waals surface area contributed by atoms with E-state index >= 15 is 0 Å². The highest BCUT2D eigenvalue weighted by Gasteiger charge is 2.33. The monoisotopic (exact) mass is 456 g/mol. The highest BCUT2D eigenvalue weighted by molar-refractivity contribution is 7.80. The molecule has 0 unspecified atom stereocenters. The minimum absolute atomic E-state index is 0.168. The molecule has 168 valence electrons. The summed E-state index contributed by atoms with van der Waals surface area (Å²) in [6.07, 6.45) is 0. The van der Waals surface area contributed by atoms with Crippen LogP contribution in [0.4, 0.5) is 0 Å². The van der Waals surface area contributed by atoms with Gasteiger partial charge in [-0.25, -0.2) is 4.99 Å². The van der Waals surface area contributed by atoms with Crippen molar-refractivity contribution in [2.45, 2.75) is 26.6 Å². The highest BCUT2D eigenvalue weighted by Crippen LogP contribution is 2.39. The lowest BCUT2D eigenvalue weighted by molar-refractivity contribution is 0.134. The van der Waals surface area contributed by atoms with Crippen molar-refractivity contribution in [2.75, 3.05) is 13.7 Å². The molecular weight excluding hydrogens is 427 g/mol. The molecule has 1 atom stereocenters. The lowest BCUT2D eigenvalue weighted by Crippen LogP contribution is -2.26. The molecule has 0 saturated heterocycles. The number of aromatic nitrogens is 1. The Hall–Kier alpha value is -2.94. The van der Waals surface area contributed by atoms with Gasteiger partial charge in [-0.15, -0.1) is 0 Å². The third-order valence-corrected chi connectivity index (χ3v) is 8.63. The third-order valence-electron chi connectivity index (χ3n) is 6.10. The molecule has 33 heavy (non-hydrogen) atoms. The Bertz CT molecular complexity index is 1230. The number of rotatable bonds is 7. The summed E-state index contributed by atoms with van der Waals surface area (Å²) in [4.78, 5) is 5.05. The van der Waals surface area contributed by atoms with Gasteiger partial charge >= 0.3 is 0 Å². The van der Waals surface area contributed by atoms with Gasteiger partial charge in [-0.2, -0.15) is 0 Å². The van der Waals surface area contributed by atoms with Crippen LogP contribution >= 0.6 is 7.92 Å². The zero-order valence-electron chi connectivity index (χ0n) is 19.3. The molecule has 3 aromatic carbocycles. The maximum Gasteiger partial charge on any atom is 0.234 e. The van der Waals surface area contributed by atoms with Crippen LogP contribution in [0.15, 0.2) is 89.9 Å². The predicted octanol–water partition coefficient (Wildman–Crippen LogP) is 4.80. The van der Waals surface area contributed by atoms with Crippen molar-refractivity contribution < 1.29 is 9.47 Å². The predicted molar refractivity (Wildman–Crippen MR) is 139 cm³/mol. The molecule has 1 aliphatic rings. The molecule has 5 heteroatoms. The number of para-hydroxylation sites is 1. The van der Waals surface area contributed by atoms with Gasteiger partial charge in [-0.05, 0) is 30.5 Å². The smallest absolute Gasteiger partial charge is 0.234 e. The van der Waals surface area contributed by atoms with E-state index in [1.54, 1.807) is 7.11 Å². The van der Waals surface area contributed by atoms with Gasteiger partial charge in [0.15, 0.2) is 0 Å². The van der Waals surface area contributed by atoms with Crippen LogP contribution in [0.5, 0.6) is 0 Å². The SMILES string of the molecule is COCn1c(C2=N[C@@H](C(C)C)CO2)c(P(c2ccccc2)c2ccccc2)c2ccccc21. The van der Waals surface area contributed by atoms with Crippen molar-refractivity contribution in [1.29, 1.82) is 0 Å². The van der Waals surface area contributed by atoms with Gasteiger partial charge in [0, 0.05) is 17.8 Å². The Balaban J connectivity index is 1.84. The summed E-state index contributed by atoms with van der Waals surface area (Å²) in [6.45, 7) is 5.46. The first-order chi connectivity index (χ1) is 16.2. The lowest BCUT2D eigenvalue weighted by atomic mass is 10.1. The molecule has 4 nitrogen and oxygen atoms in total. The Morgan fingerprint density at radius 2 is 1.55 bits per heavy atom. The van der Waals surface area contributed by atoms with Crippen LogP contribution in [0.2, 0.25) is 0 Å². The number of ether oxygens (including phenoxy) is 2. The number of hydrogen-bond acceptors (Lipinski definition) is 3. The van der Waals surface area contributed by atoms with E-state index in [1.807, 2.05) is 0 Å². The van der Waals surface area contributed by atoms with Crippen LogP contribution in [-0.2, 0) is 16.2 Å². The standard InChI is InChI=1S/C28H29N2O2P/c1-20(2)24-18-32-28(29-24)26-27(23-16-10-11-17-25(23)30(26)19-31-3)33(21-12-6-4-7-13-21)22-14-8-5-9-15-22/h4-17,20,24H,18-19H2,1-3H3/t24-/m1/s1. The van der Waals surface area contributed by atoms with E-state index in [-0.39, 0.29) is 6.04 Å². The first-order valence-corrected chi connectivity index (χ1v) is 12.7. The van der Waals surface area contributed by atoms with E-state index in [0.29, 0.717) is 19.3 Å². The molecule has 0 bridgehead atoms. The van der Waals surface area contributed by atoms with Gasteiger partial charge < -0.3 is 14.0 Å². The fourth-order valence-corrected chi connectivity index (χ4v) is 7.03. The van der Waals surface area contributed by atoms with Gasteiger partial charge in [0.25, 0.3) is 0 Å². The van der Waals surface area contributed by atoms with Crippen molar-refractivity contribution in [1.82, 2.24) is 4.57 Å². The Kier molecular flexibility index (Phi) is 6.30. The van der Waals surface area contributed by atoms with Gasteiger partial charge in [-0.1, -0.05) is 92.7 Å². The molecule has 5 rings (SSSR count). The first kappa shape index (κ1) is 21.9. The number of fused-ring (bicyclic) bond motifs is 1. The van der Waals surface area contributed by atoms with Crippen LogP contribution in [0.3, 0.4) is 0 Å². The van der Waals surface area contributed by atoms with Gasteiger partial charge in [0.05, 0.1) is 11.6 Å². The van der Waals surface area contributed by atoms with Gasteiger partial charge in [0.1, 0.15) is 19.0 Å². The molecule has 0 fully saturated rings. The molecule has 4 aromatic rings. The number of benzene rings is 3. The fourth-order valence-electron chi connectivity index (χ4n) is 4.41. The maximum absolute atomic E-state index is 6.28. The van der Waals surface area contributed by atoms with E-state index < -0.39 is 7.92 Å². The Labute approximate surface area is 196 Å². The molecule has 0 aliphatic carbocycles. The fraction of sp³-hybridized carbons (Fsp3) is 0.250. The van der Waals surface area contributed by atoms with Crippen LogP contribution in [0.25, 0.3) is 10.9 Å². The molecule has 2 heterocycles. The van der Waals surface area contributed by atoms with Crippen molar-refractivity contribution in [3.63, 3.8) is 0 Å². The third kappa shape index (κ3) is 4.10. The molecule has 1 aliphatic heterocycles. The van der Waals surface area contributed by atoms with E-state index in [0.717, 1.165) is 17.1 Å². The highest BCUT2D eigenvalue weighted by atomic mass is 31.1. The summed E-state index contributed by atoms with van der Waals surface area (Å²) >= 11 is 0. The average Bonchev–Trinajstić information content (AvgIpc) is 3.45. The van der Waals surface area contributed by atoms with Crippen molar-refractivity contribution in [3.8, 4) is 0 Å². The van der Waals surface area contributed by atoms with Crippen molar-refractivity contribution >= 4 is 40.6 Å². The molecule has 0 N–H and O–H groups in total. The second-order valence-electron chi connectivity index (χ2n) is 8.62. The summed E-state index contributed by atoms with van der Waals surface area (Å²) in [5.74, 6) is 1.16. The van der Waals surface area contributed by atoms with Crippen LogP contribution in [0.1, 0.15) is 19.5 Å². The lowest BCUT2D eigenvalue weighted by Gasteiger charge is -2.21. The molecule has 0 spiro atoms. The Morgan fingerprint density at radius 1 is 0.939 bits per heavy atom. The molecular formula is C28H29N2O2P. The van der Waals surface area contributed by atoms with E-state index in [4.69, 9.17) is 14.5 Å². The molecule has 0 radical (unpaired) electrons. The first-order valence-electron chi connectivity index (χ1n) is 11.4. The maximum atomic E-state index is 6.28. The van der Waals surface area contributed by atoms with E-state index in [2.05, 4.69) is 103 Å². The zero-order chi connectivity index (χ0) is 22.8. The van der Waals surface area contributed by atoms with Crippen LogP contribution in [-0.4, -0.2) is 30.2 Å². The zero-order valence-corrected chi connectivity index (χ0v) is 20.2. The largest absolute Gasteiger partial charge is 0.474 e. The Morgan fingerprint density at radius 3 is 2.12 bits per heavy atom. The molecule has 0 amide bonds. The van der Waals surface area contributed by atoms with Crippen molar-refractivity contribution in [3.05, 3.63) is 90.6 Å². The van der Waals surface area contributed by atoms with E-state index in [9.17, 15) is 0 Å². The number of nitrogens with zero attached hydrogens (tertiary/aromatic N) is 2. The summed E-state index contributed by atoms with van der Waals surface area (Å²) in [7, 11) is 0.900. The number of methoxy groups -OCH3 is 1. The quantitative estimate of drug-likeness (QED) is 0.375. The van der Waals surface area contributed by atoms with E-state index in [1.165, 1.54) is 21.3 Å². The van der Waals surface area contributed by atoms with Crippen LogP contribution < -0.4 is 15.9 Å². The minimum atomic E-state index is -0.839. The summed E-state index contributed by atoms with van der Waals surface area (Å²) in [5.41, 5.74) is 2.18. The second kappa shape index (κ2) is 9.51. The van der Waals surface area contributed by atoms with Crippen molar-refractivity contribution in [2.24, 2.45) is 10.9 Å². The normalized spacial score (nSPS) is 15.9. The van der Waals surface area contributed by atoms with Gasteiger partial charge in [-0.3, -0.25) is 0 Å².